The smallest absolute Gasteiger partial charge is 0.125 e. The average Bonchev–Trinajstić information content (AvgIpc) is 2.33. The second-order valence-electron chi connectivity index (χ2n) is 2.45. The Bertz CT molecular complexity index is 438. The van der Waals surface area contributed by atoms with Crippen molar-refractivity contribution in [1.82, 2.24) is 4.98 Å². The van der Waals surface area contributed by atoms with Crippen LogP contribution in [-0.2, 0) is 0 Å². The van der Waals surface area contributed by atoms with Gasteiger partial charge in [0.25, 0.3) is 0 Å². The van der Waals surface area contributed by atoms with Crippen LogP contribution in [0.3, 0.4) is 0 Å². The molecule has 1 aromatic carbocycles. The van der Waals surface area contributed by atoms with Gasteiger partial charge in [-0.25, -0.2) is 4.39 Å². The summed E-state index contributed by atoms with van der Waals surface area (Å²) in [5, 5.41) is 1.16. The molecule has 2 rings (SSSR count). The number of benzene rings is 1. The van der Waals surface area contributed by atoms with E-state index in [1.165, 1.54) is 12.1 Å². The Hall–Kier alpha value is -0.540. The van der Waals surface area contributed by atoms with E-state index in [-0.39, 0.29) is 5.82 Å². The third-order valence-electron chi connectivity index (χ3n) is 1.66. The molecule has 0 spiro atoms. The third-order valence-corrected chi connectivity index (χ3v) is 2.61. The number of halogens is 3. The first-order valence-corrected chi connectivity index (χ1v) is 4.47. The normalized spacial score (nSPS) is 10.9. The third kappa shape index (κ3) is 1.13. The molecular formula is C8H4BrClFN. The van der Waals surface area contributed by atoms with Crippen molar-refractivity contribution in [1.29, 1.82) is 0 Å². The Balaban J connectivity index is 2.92. The number of hydrogen-bond donors (Lipinski definition) is 1. The Morgan fingerprint density at radius 1 is 1.42 bits per heavy atom. The summed E-state index contributed by atoms with van der Waals surface area (Å²) >= 11 is 9.06. The van der Waals surface area contributed by atoms with Gasteiger partial charge in [0, 0.05) is 16.1 Å². The maximum absolute atomic E-state index is 12.8. The highest BCUT2D eigenvalue weighted by atomic mass is 79.9. The van der Waals surface area contributed by atoms with Crippen molar-refractivity contribution < 1.29 is 4.39 Å². The van der Waals surface area contributed by atoms with E-state index in [1.54, 1.807) is 6.20 Å². The lowest BCUT2D eigenvalue weighted by atomic mass is 10.2. The van der Waals surface area contributed by atoms with E-state index in [0.717, 1.165) is 15.4 Å². The van der Waals surface area contributed by atoms with Gasteiger partial charge in [0.05, 0.1) is 10.5 Å². The Morgan fingerprint density at radius 2 is 2.17 bits per heavy atom. The molecule has 0 aliphatic heterocycles. The molecule has 2 aromatic rings. The molecule has 0 unspecified atom stereocenters. The van der Waals surface area contributed by atoms with Crippen LogP contribution in [0, 0.1) is 5.82 Å². The topological polar surface area (TPSA) is 15.8 Å². The van der Waals surface area contributed by atoms with Crippen LogP contribution < -0.4 is 0 Å². The molecular weight excluding hydrogens is 244 g/mol. The highest BCUT2D eigenvalue weighted by Crippen LogP contribution is 2.29. The minimum atomic E-state index is -0.326. The standard InChI is InChI=1S/C8H4BrClFN/c9-6-3-12-8-5(6)1-4(11)2-7(8)10/h1-3,12H. The van der Waals surface area contributed by atoms with Crippen LogP contribution in [0.25, 0.3) is 10.9 Å². The van der Waals surface area contributed by atoms with E-state index in [2.05, 4.69) is 20.9 Å². The van der Waals surface area contributed by atoms with Gasteiger partial charge in [0.15, 0.2) is 0 Å². The first kappa shape index (κ1) is 8.08. The lowest BCUT2D eigenvalue weighted by molar-refractivity contribution is 0.630. The summed E-state index contributed by atoms with van der Waals surface area (Å²) < 4.78 is 13.7. The van der Waals surface area contributed by atoms with E-state index in [1.807, 2.05) is 0 Å². The number of fused-ring (bicyclic) bond motifs is 1. The minimum absolute atomic E-state index is 0.326. The van der Waals surface area contributed by atoms with E-state index in [4.69, 9.17) is 11.6 Å². The Kier molecular flexibility index (Phi) is 1.85. The lowest BCUT2D eigenvalue weighted by Gasteiger charge is -1.94. The first-order valence-electron chi connectivity index (χ1n) is 3.30. The van der Waals surface area contributed by atoms with Gasteiger partial charge < -0.3 is 4.98 Å². The van der Waals surface area contributed by atoms with E-state index >= 15 is 0 Å². The number of rotatable bonds is 0. The number of aromatic nitrogens is 1. The van der Waals surface area contributed by atoms with Crippen molar-refractivity contribution in [3.63, 3.8) is 0 Å². The Morgan fingerprint density at radius 3 is 2.92 bits per heavy atom. The zero-order valence-electron chi connectivity index (χ0n) is 5.87. The minimum Gasteiger partial charge on any atom is -0.359 e. The summed E-state index contributed by atoms with van der Waals surface area (Å²) in [7, 11) is 0. The fraction of sp³-hybridized carbons (Fsp3) is 0. The second-order valence-corrected chi connectivity index (χ2v) is 3.71. The molecule has 1 nitrogen and oxygen atoms in total. The van der Waals surface area contributed by atoms with Crippen LogP contribution in [0.5, 0.6) is 0 Å². The number of aromatic amines is 1. The molecule has 0 saturated carbocycles. The number of H-pyrrole nitrogens is 1. The largest absolute Gasteiger partial charge is 0.359 e. The molecule has 1 N–H and O–H groups in total. The fourth-order valence-electron chi connectivity index (χ4n) is 1.12. The molecule has 1 aromatic heterocycles. The van der Waals surface area contributed by atoms with Gasteiger partial charge in [-0.05, 0) is 28.1 Å². The second kappa shape index (κ2) is 2.75. The summed E-state index contributed by atoms with van der Waals surface area (Å²) in [6, 6.07) is 2.72. The average molecular weight is 248 g/mol. The van der Waals surface area contributed by atoms with E-state index in [9.17, 15) is 4.39 Å². The van der Waals surface area contributed by atoms with Crippen molar-refractivity contribution in [2.24, 2.45) is 0 Å². The molecule has 0 aliphatic rings. The van der Waals surface area contributed by atoms with Gasteiger partial charge in [0.2, 0.25) is 0 Å². The monoisotopic (exact) mass is 247 g/mol. The summed E-state index contributed by atoms with van der Waals surface area (Å²) in [5.74, 6) is -0.326. The molecule has 1 heterocycles. The predicted octanol–water partition coefficient (Wildman–Crippen LogP) is 3.72. The van der Waals surface area contributed by atoms with Gasteiger partial charge in [-0.1, -0.05) is 11.6 Å². The zero-order chi connectivity index (χ0) is 8.72. The SMILES string of the molecule is Fc1cc(Cl)c2[nH]cc(Br)c2c1. The summed E-state index contributed by atoms with van der Waals surface area (Å²) in [6.07, 6.45) is 1.73. The number of hydrogen-bond acceptors (Lipinski definition) is 0. The molecule has 0 atom stereocenters. The van der Waals surface area contributed by atoms with Gasteiger partial charge in [-0.2, -0.15) is 0 Å². The van der Waals surface area contributed by atoms with Crippen LogP contribution in [0.4, 0.5) is 4.39 Å². The van der Waals surface area contributed by atoms with E-state index in [0.29, 0.717) is 5.02 Å². The van der Waals surface area contributed by atoms with Crippen molar-refractivity contribution in [2.75, 3.05) is 0 Å². The lowest BCUT2D eigenvalue weighted by Crippen LogP contribution is -1.75. The first-order chi connectivity index (χ1) is 5.68. The van der Waals surface area contributed by atoms with Crippen LogP contribution in [0.1, 0.15) is 0 Å². The quantitative estimate of drug-likeness (QED) is 0.731. The molecule has 0 amide bonds. The molecule has 4 heteroatoms. The molecule has 62 valence electrons. The molecule has 0 saturated heterocycles. The molecule has 12 heavy (non-hydrogen) atoms. The molecule has 0 aliphatic carbocycles. The fourth-order valence-corrected chi connectivity index (χ4v) is 1.81. The molecule has 0 bridgehead atoms. The van der Waals surface area contributed by atoms with Crippen molar-refractivity contribution in [2.45, 2.75) is 0 Å². The van der Waals surface area contributed by atoms with Crippen LogP contribution >= 0.6 is 27.5 Å². The van der Waals surface area contributed by atoms with Gasteiger partial charge in [0.1, 0.15) is 5.82 Å². The summed E-state index contributed by atoms with van der Waals surface area (Å²) in [4.78, 5) is 2.94. The zero-order valence-corrected chi connectivity index (χ0v) is 8.21. The summed E-state index contributed by atoms with van der Waals surface area (Å²) in [6.45, 7) is 0. The number of nitrogens with one attached hydrogen (secondary N) is 1. The highest BCUT2D eigenvalue weighted by Gasteiger charge is 2.06. The van der Waals surface area contributed by atoms with Crippen molar-refractivity contribution in [3.05, 3.63) is 33.6 Å². The van der Waals surface area contributed by atoms with Crippen molar-refractivity contribution in [3.8, 4) is 0 Å². The molecule has 0 fully saturated rings. The summed E-state index contributed by atoms with van der Waals surface area (Å²) in [5.41, 5.74) is 0.755. The van der Waals surface area contributed by atoms with Crippen LogP contribution in [0.2, 0.25) is 5.02 Å². The van der Waals surface area contributed by atoms with Crippen LogP contribution in [-0.4, -0.2) is 4.98 Å². The van der Waals surface area contributed by atoms with E-state index < -0.39 is 0 Å². The Labute approximate surface area is 81.7 Å². The van der Waals surface area contributed by atoms with Gasteiger partial charge in [-0.3, -0.25) is 0 Å². The molecule has 0 radical (unpaired) electrons. The highest BCUT2D eigenvalue weighted by molar-refractivity contribution is 9.10. The maximum atomic E-state index is 12.8. The maximum Gasteiger partial charge on any atom is 0.125 e. The van der Waals surface area contributed by atoms with Gasteiger partial charge in [-0.15, -0.1) is 0 Å². The van der Waals surface area contributed by atoms with Crippen molar-refractivity contribution >= 4 is 38.4 Å². The predicted molar refractivity (Wildman–Crippen MR) is 51.0 cm³/mol. The van der Waals surface area contributed by atoms with Gasteiger partial charge >= 0.3 is 0 Å². The van der Waals surface area contributed by atoms with Crippen LogP contribution in [0.15, 0.2) is 22.8 Å².